The van der Waals surface area contributed by atoms with Crippen LogP contribution in [0.3, 0.4) is 0 Å². The maximum Gasteiger partial charge on any atom is 0.281 e. The van der Waals surface area contributed by atoms with Gasteiger partial charge in [-0.1, -0.05) is 11.6 Å². The summed E-state index contributed by atoms with van der Waals surface area (Å²) in [6, 6.07) is 1.57. The predicted octanol–water partition coefficient (Wildman–Crippen LogP) is 0.906. The smallest absolute Gasteiger partial charge is 0.281 e. The maximum absolute atomic E-state index is 12.0. The van der Waals surface area contributed by atoms with E-state index in [4.69, 9.17) is 11.6 Å². The summed E-state index contributed by atoms with van der Waals surface area (Å²) in [5.74, 6) is 0.208. The molecule has 7 nitrogen and oxygen atoms in total. The van der Waals surface area contributed by atoms with Crippen LogP contribution in [-0.4, -0.2) is 28.4 Å². The van der Waals surface area contributed by atoms with E-state index in [0.29, 0.717) is 0 Å². The average Bonchev–Trinajstić information content (AvgIpc) is 2.73. The topological polar surface area (TPSA) is 92.7 Å². The molecule has 2 rings (SSSR count). The molecule has 2 heterocycles. The van der Waals surface area contributed by atoms with Crippen molar-refractivity contribution in [2.45, 2.75) is 11.9 Å². The van der Waals surface area contributed by atoms with Gasteiger partial charge in [-0.3, -0.25) is 14.5 Å². The van der Waals surface area contributed by atoms with Gasteiger partial charge in [-0.2, -0.15) is 18.6 Å². The Morgan fingerprint density at radius 1 is 1.53 bits per heavy atom. The third-order valence-electron chi connectivity index (χ3n) is 2.04. The predicted molar refractivity (Wildman–Crippen MR) is 62.4 cm³/mol. The molecular formula is C8H10ClN5O2S. The Hall–Kier alpha value is -1.54. The molecule has 0 unspecified atom stereocenters. The maximum atomic E-state index is 12.0. The van der Waals surface area contributed by atoms with Gasteiger partial charge in [-0.15, -0.1) is 0 Å². The Morgan fingerprint density at radius 2 is 2.24 bits per heavy atom. The van der Waals surface area contributed by atoms with Crippen LogP contribution in [0.2, 0.25) is 5.02 Å². The first-order valence-electron chi connectivity index (χ1n) is 4.62. The number of anilines is 1. The second kappa shape index (κ2) is 4.04. The zero-order valence-electron chi connectivity index (χ0n) is 9.10. The zero-order chi connectivity index (χ0) is 12.6. The van der Waals surface area contributed by atoms with Gasteiger partial charge in [0.15, 0.2) is 10.8 Å². The monoisotopic (exact) mass is 275 g/mol. The van der Waals surface area contributed by atoms with Crippen molar-refractivity contribution in [2.75, 3.05) is 4.72 Å². The van der Waals surface area contributed by atoms with Crippen molar-refractivity contribution < 1.29 is 8.42 Å². The SMILES string of the molecule is Cc1cc(NS(=O)(=O)c2c(Cl)cnn2C)n[nH]1. The van der Waals surface area contributed by atoms with Gasteiger partial charge < -0.3 is 0 Å². The van der Waals surface area contributed by atoms with Crippen molar-refractivity contribution in [1.82, 2.24) is 20.0 Å². The summed E-state index contributed by atoms with van der Waals surface area (Å²) in [6.45, 7) is 1.77. The Balaban J connectivity index is 2.38. The van der Waals surface area contributed by atoms with Gasteiger partial charge in [-0.05, 0) is 6.92 Å². The van der Waals surface area contributed by atoms with E-state index >= 15 is 0 Å². The van der Waals surface area contributed by atoms with Crippen LogP contribution < -0.4 is 4.72 Å². The van der Waals surface area contributed by atoms with Crippen molar-refractivity contribution in [1.29, 1.82) is 0 Å². The van der Waals surface area contributed by atoms with E-state index in [1.54, 1.807) is 13.0 Å². The molecule has 92 valence electrons. The number of nitrogens with zero attached hydrogens (tertiary/aromatic N) is 3. The van der Waals surface area contributed by atoms with E-state index in [1.165, 1.54) is 17.9 Å². The number of aromatic nitrogens is 4. The summed E-state index contributed by atoms with van der Waals surface area (Å²) >= 11 is 5.77. The number of aromatic amines is 1. The molecule has 2 aromatic heterocycles. The number of H-pyrrole nitrogens is 1. The highest BCUT2D eigenvalue weighted by Gasteiger charge is 2.23. The molecule has 0 aromatic carbocycles. The molecule has 0 amide bonds. The van der Waals surface area contributed by atoms with E-state index in [-0.39, 0.29) is 15.9 Å². The van der Waals surface area contributed by atoms with Gasteiger partial charge in [0.2, 0.25) is 0 Å². The molecule has 2 aromatic rings. The van der Waals surface area contributed by atoms with Gasteiger partial charge in [0.05, 0.1) is 11.2 Å². The van der Waals surface area contributed by atoms with Crippen LogP contribution in [0.1, 0.15) is 5.69 Å². The van der Waals surface area contributed by atoms with Crippen LogP contribution in [0.4, 0.5) is 5.82 Å². The summed E-state index contributed by atoms with van der Waals surface area (Å²) in [7, 11) is -2.29. The van der Waals surface area contributed by atoms with E-state index in [9.17, 15) is 8.42 Å². The first-order valence-corrected chi connectivity index (χ1v) is 6.48. The lowest BCUT2D eigenvalue weighted by Crippen LogP contribution is -2.17. The molecule has 0 aliphatic heterocycles. The summed E-state index contributed by atoms with van der Waals surface area (Å²) in [5.41, 5.74) is 0.749. The Kier molecular flexibility index (Phi) is 2.84. The molecule has 0 bridgehead atoms. The Bertz CT molecular complexity index is 625. The van der Waals surface area contributed by atoms with Crippen molar-refractivity contribution in [3.8, 4) is 0 Å². The van der Waals surface area contributed by atoms with Gasteiger partial charge in [-0.25, -0.2) is 0 Å². The van der Waals surface area contributed by atoms with Crippen LogP contribution in [0, 0.1) is 6.92 Å². The number of hydrogen-bond donors (Lipinski definition) is 2. The number of rotatable bonds is 3. The highest BCUT2D eigenvalue weighted by Crippen LogP contribution is 2.22. The molecular weight excluding hydrogens is 266 g/mol. The minimum absolute atomic E-state index is 0.0623. The first kappa shape index (κ1) is 11.9. The third kappa shape index (κ3) is 2.27. The normalized spacial score (nSPS) is 11.7. The minimum Gasteiger partial charge on any atom is -0.281 e. The summed E-state index contributed by atoms with van der Waals surface area (Å²) in [5, 5.41) is 10.1. The first-order chi connectivity index (χ1) is 7.90. The molecule has 0 radical (unpaired) electrons. The second-order valence-corrected chi connectivity index (χ2v) is 5.47. The van der Waals surface area contributed by atoms with E-state index in [1.807, 2.05) is 0 Å². The average molecular weight is 276 g/mol. The molecule has 0 saturated heterocycles. The van der Waals surface area contributed by atoms with E-state index < -0.39 is 10.0 Å². The highest BCUT2D eigenvalue weighted by atomic mass is 35.5. The fraction of sp³-hybridized carbons (Fsp3) is 0.250. The van der Waals surface area contributed by atoms with Crippen LogP contribution in [-0.2, 0) is 17.1 Å². The lowest BCUT2D eigenvalue weighted by atomic mass is 10.5. The molecule has 0 spiro atoms. The lowest BCUT2D eigenvalue weighted by Gasteiger charge is -2.05. The standard InChI is InChI=1S/C8H10ClN5O2S/c1-5-3-7(12-11-5)13-17(15,16)8-6(9)4-10-14(8)2/h3-4H,1-2H3,(H2,11,12,13). The molecule has 0 aliphatic rings. The van der Waals surface area contributed by atoms with E-state index in [0.717, 1.165) is 5.69 Å². The quantitative estimate of drug-likeness (QED) is 0.871. The molecule has 17 heavy (non-hydrogen) atoms. The number of hydrogen-bond acceptors (Lipinski definition) is 4. The van der Waals surface area contributed by atoms with Crippen LogP contribution in [0.15, 0.2) is 17.3 Å². The van der Waals surface area contributed by atoms with Crippen molar-refractivity contribution >= 4 is 27.4 Å². The van der Waals surface area contributed by atoms with Crippen molar-refractivity contribution in [3.05, 3.63) is 23.0 Å². The largest absolute Gasteiger partial charge is 0.281 e. The van der Waals surface area contributed by atoms with Crippen molar-refractivity contribution in [3.63, 3.8) is 0 Å². The van der Waals surface area contributed by atoms with Gasteiger partial charge in [0.25, 0.3) is 10.0 Å². The highest BCUT2D eigenvalue weighted by molar-refractivity contribution is 7.92. The number of halogens is 1. The fourth-order valence-corrected chi connectivity index (χ4v) is 3.01. The summed E-state index contributed by atoms with van der Waals surface area (Å²) in [4.78, 5) is 0. The third-order valence-corrected chi connectivity index (χ3v) is 3.90. The Morgan fingerprint density at radius 3 is 2.71 bits per heavy atom. The van der Waals surface area contributed by atoms with Gasteiger partial charge in [0.1, 0.15) is 0 Å². The van der Waals surface area contributed by atoms with Gasteiger partial charge >= 0.3 is 0 Å². The van der Waals surface area contributed by atoms with Crippen LogP contribution in [0.25, 0.3) is 0 Å². The van der Waals surface area contributed by atoms with Crippen LogP contribution >= 0.6 is 11.6 Å². The molecule has 0 aliphatic carbocycles. The minimum atomic E-state index is -3.78. The molecule has 0 atom stereocenters. The van der Waals surface area contributed by atoms with E-state index in [2.05, 4.69) is 20.0 Å². The summed E-state index contributed by atoms with van der Waals surface area (Å²) < 4.78 is 27.5. The number of aryl methyl sites for hydroxylation is 2. The number of sulfonamides is 1. The van der Waals surface area contributed by atoms with Crippen LogP contribution in [0.5, 0.6) is 0 Å². The fourth-order valence-electron chi connectivity index (χ4n) is 1.36. The Labute approximate surface area is 103 Å². The molecule has 0 saturated carbocycles. The second-order valence-electron chi connectivity index (χ2n) is 3.46. The van der Waals surface area contributed by atoms with Crippen molar-refractivity contribution in [2.24, 2.45) is 7.05 Å². The molecule has 9 heteroatoms. The van der Waals surface area contributed by atoms with Gasteiger partial charge in [0, 0.05) is 18.8 Å². The molecule has 2 N–H and O–H groups in total. The lowest BCUT2D eigenvalue weighted by molar-refractivity contribution is 0.582. The zero-order valence-corrected chi connectivity index (χ0v) is 10.7. The number of nitrogens with one attached hydrogen (secondary N) is 2. The molecule has 0 fully saturated rings. The summed E-state index contributed by atoms with van der Waals surface area (Å²) in [6.07, 6.45) is 1.27.